The van der Waals surface area contributed by atoms with Crippen LogP contribution in [-0.4, -0.2) is 38.3 Å². The molecule has 0 spiro atoms. The van der Waals surface area contributed by atoms with E-state index >= 15 is 4.39 Å². The van der Waals surface area contributed by atoms with E-state index in [1.807, 2.05) is 4.57 Å². The van der Waals surface area contributed by atoms with Gasteiger partial charge >= 0.3 is 5.97 Å². The van der Waals surface area contributed by atoms with Gasteiger partial charge in [-0.25, -0.2) is 27.9 Å². The van der Waals surface area contributed by atoms with Crippen LogP contribution < -0.4 is 4.74 Å². The highest BCUT2D eigenvalue weighted by molar-refractivity contribution is 5.92. The van der Waals surface area contributed by atoms with Crippen molar-refractivity contribution in [2.24, 2.45) is 0 Å². The zero-order valence-corrected chi connectivity index (χ0v) is 23.8. The first kappa shape index (κ1) is 28.6. The molecular weight excluding hydrogens is 587 g/mol. The molecule has 3 aromatic carbocycles. The van der Waals surface area contributed by atoms with Crippen LogP contribution in [0, 0.1) is 5.82 Å². The number of benzene rings is 3. The second-order valence-corrected chi connectivity index (χ2v) is 10.8. The minimum Gasteiger partial charge on any atom is -0.478 e. The number of aromatic nitrogens is 3. The Balaban J connectivity index is 1.11. The van der Waals surface area contributed by atoms with E-state index in [-0.39, 0.29) is 36.1 Å². The minimum absolute atomic E-state index is 0.00969. The lowest BCUT2D eigenvalue weighted by Gasteiger charge is -2.27. The summed E-state index contributed by atoms with van der Waals surface area (Å²) in [5.41, 5.74) is 3.71. The average molecular weight is 614 g/mol. The molecule has 1 N–H and O–H groups in total. The number of carboxylic acid groups (broad SMARTS) is 1. The molecule has 0 amide bonds. The second-order valence-electron chi connectivity index (χ2n) is 10.8. The van der Waals surface area contributed by atoms with Gasteiger partial charge in [-0.15, -0.1) is 0 Å². The Kier molecular flexibility index (Phi) is 7.46. The van der Waals surface area contributed by atoms with Gasteiger partial charge in [0.2, 0.25) is 5.88 Å². The SMILES string of the molecule is O=C(O)c1ccc2nc(Cc3ccc(-c4cccc(OCc5ccc(C(F)F)c6ccoc56)n4)cc3F)n(C[C@@H]3CCO3)c2c1. The summed E-state index contributed by atoms with van der Waals surface area (Å²) in [6.07, 6.45) is -0.192. The number of furan rings is 1. The highest BCUT2D eigenvalue weighted by atomic mass is 19.3. The molecule has 8 nitrogen and oxygen atoms in total. The van der Waals surface area contributed by atoms with Crippen molar-refractivity contribution in [2.75, 3.05) is 6.61 Å². The molecule has 1 saturated heterocycles. The number of carbonyl (C=O) groups is 1. The third-order valence-electron chi connectivity index (χ3n) is 8.02. The number of aromatic carboxylic acids is 1. The number of pyridine rings is 1. The van der Waals surface area contributed by atoms with Crippen molar-refractivity contribution in [3.05, 3.63) is 113 Å². The monoisotopic (exact) mass is 613 g/mol. The quantitative estimate of drug-likeness (QED) is 0.170. The van der Waals surface area contributed by atoms with Crippen molar-refractivity contribution in [2.45, 2.75) is 38.5 Å². The number of nitrogens with zero attached hydrogens (tertiary/aromatic N) is 3. The normalized spacial score (nSPS) is 14.7. The van der Waals surface area contributed by atoms with Crippen LogP contribution in [0.15, 0.2) is 83.5 Å². The molecule has 0 saturated carbocycles. The maximum atomic E-state index is 15.5. The van der Waals surface area contributed by atoms with Crippen LogP contribution >= 0.6 is 0 Å². The van der Waals surface area contributed by atoms with E-state index in [1.165, 1.54) is 30.5 Å². The molecule has 3 aromatic heterocycles. The summed E-state index contributed by atoms with van der Waals surface area (Å²) in [4.78, 5) is 20.8. The number of halogens is 3. The van der Waals surface area contributed by atoms with Gasteiger partial charge in [0.05, 0.1) is 41.2 Å². The Morgan fingerprint density at radius 1 is 1.04 bits per heavy atom. The molecule has 45 heavy (non-hydrogen) atoms. The summed E-state index contributed by atoms with van der Waals surface area (Å²) >= 11 is 0. The Hall–Kier alpha value is -5.16. The fraction of sp³-hybridized carbons (Fsp3) is 0.206. The number of imidazole rings is 1. The molecule has 11 heteroatoms. The van der Waals surface area contributed by atoms with E-state index < -0.39 is 18.2 Å². The van der Waals surface area contributed by atoms with Gasteiger partial charge in [-0.1, -0.05) is 30.3 Å². The van der Waals surface area contributed by atoms with Gasteiger partial charge < -0.3 is 23.6 Å². The first-order chi connectivity index (χ1) is 21.8. The molecule has 228 valence electrons. The number of alkyl halides is 2. The molecule has 7 rings (SSSR count). The molecule has 0 aliphatic carbocycles. The molecule has 1 atom stereocenters. The summed E-state index contributed by atoms with van der Waals surface area (Å²) in [7, 11) is 0. The first-order valence-electron chi connectivity index (χ1n) is 14.3. The maximum Gasteiger partial charge on any atom is 0.335 e. The Labute approximate surface area is 254 Å². The van der Waals surface area contributed by atoms with Gasteiger partial charge in [-0.05, 0) is 48.4 Å². The molecule has 4 heterocycles. The Bertz CT molecular complexity index is 2050. The molecule has 6 aromatic rings. The van der Waals surface area contributed by atoms with Crippen molar-refractivity contribution >= 4 is 28.0 Å². The lowest BCUT2D eigenvalue weighted by molar-refractivity contribution is -0.0589. The summed E-state index contributed by atoms with van der Waals surface area (Å²) in [5.74, 6) is -0.587. The number of fused-ring (bicyclic) bond motifs is 2. The van der Waals surface area contributed by atoms with E-state index in [1.54, 1.807) is 48.5 Å². The van der Waals surface area contributed by atoms with Gasteiger partial charge in [0.25, 0.3) is 6.43 Å². The molecule has 0 unspecified atom stereocenters. The molecule has 1 aliphatic rings. The standard InChI is InChI=1S/C34H26F3N3O5/c35-26-14-20(27-2-1-3-31(39-27)45-18-22-6-8-25(33(36)37)24-11-13-44-32(22)24)5-4-19(26)16-30-38-28-9-7-21(34(41)42)15-29(28)40(30)17-23-10-12-43-23/h1-9,11,13-15,23,33H,10,12,16-18H2,(H,41,42)/t23-/m0/s1. The molecule has 0 radical (unpaired) electrons. The highest BCUT2D eigenvalue weighted by Crippen LogP contribution is 2.32. The third-order valence-corrected chi connectivity index (χ3v) is 8.02. The van der Waals surface area contributed by atoms with Gasteiger partial charge in [0, 0.05) is 41.2 Å². The molecule has 0 bridgehead atoms. The second kappa shape index (κ2) is 11.7. The summed E-state index contributed by atoms with van der Waals surface area (Å²) in [6, 6.07) is 19.2. The van der Waals surface area contributed by atoms with Crippen molar-refractivity contribution in [3.63, 3.8) is 0 Å². The van der Waals surface area contributed by atoms with Crippen molar-refractivity contribution in [3.8, 4) is 17.1 Å². The van der Waals surface area contributed by atoms with E-state index in [0.717, 1.165) is 6.42 Å². The minimum atomic E-state index is -2.62. The fourth-order valence-corrected chi connectivity index (χ4v) is 5.55. The highest BCUT2D eigenvalue weighted by Gasteiger charge is 2.23. The first-order valence-corrected chi connectivity index (χ1v) is 14.3. The largest absolute Gasteiger partial charge is 0.478 e. The van der Waals surface area contributed by atoms with Gasteiger partial charge in [0.1, 0.15) is 23.8 Å². The third kappa shape index (κ3) is 5.62. The van der Waals surface area contributed by atoms with Crippen LogP contribution in [0.2, 0.25) is 0 Å². The average Bonchev–Trinajstić information content (AvgIpc) is 3.63. The fourth-order valence-electron chi connectivity index (χ4n) is 5.55. The van der Waals surface area contributed by atoms with Gasteiger partial charge in [0.15, 0.2) is 0 Å². The number of hydrogen-bond donors (Lipinski definition) is 1. The number of ether oxygens (including phenoxy) is 2. The van der Waals surface area contributed by atoms with Crippen LogP contribution in [0.25, 0.3) is 33.3 Å². The van der Waals surface area contributed by atoms with Crippen LogP contribution in [0.3, 0.4) is 0 Å². The number of rotatable bonds is 10. The molecular formula is C34H26F3N3O5. The van der Waals surface area contributed by atoms with E-state index in [2.05, 4.69) is 4.98 Å². The van der Waals surface area contributed by atoms with E-state index in [0.29, 0.717) is 63.4 Å². The predicted molar refractivity (Wildman–Crippen MR) is 159 cm³/mol. The van der Waals surface area contributed by atoms with E-state index in [4.69, 9.17) is 18.9 Å². The lowest BCUT2D eigenvalue weighted by Crippen LogP contribution is -2.31. The van der Waals surface area contributed by atoms with Crippen molar-refractivity contribution in [1.29, 1.82) is 0 Å². The number of hydrogen-bond acceptors (Lipinski definition) is 6. The van der Waals surface area contributed by atoms with Crippen molar-refractivity contribution in [1.82, 2.24) is 14.5 Å². The van der Waals surface area contributed by atoms with Crippen LogP contribution in [0.5, 0.6) is 5.88 Å². The summed E-state index contributed by atoms with van der Waals surface area (Å²) in [6.45, 7) is 1.21. The Morgan fingerprint density at radius 3 is 2.64 bits per heavy atom. The van der Waals surface area contributed by atoms with Gasteiger partial charge in [-0.2, -0.15) is 0 Å². The van der Waals surface area contributed by atoms with Crippen LogP contribution in [0.4, 0.5) is 13.2 Å². The summed E-state index contributed by atoms with van der Waals surface area (Å²) in [5, 5.41) is 9.82. The molecule has 1 fully saturated rings. The smallest absolute Gasteiger partial charge is 0.335 e. The number of carboxylic acids is 1. The van der Waals surface area contributed by atoms with Gasteiger partial charge in [-0.3, -0.25) is 0 Å². The lowest BCUT2D eigenvalue weighted by atomic mass is 10.1. The van der Waals surface area contributed by atoms with Crippen LogP contribution in [-0.2, 0) is 24.3 Å². The maximum absolute atomic E-state index is 15.5. The summed E-state index contributed by atoms with van der Waals surface area (Å²) < 4.78 is 61.1. The van der Waals surface area contributed by atoms with Crippen LogP contribution in [0.1, 0.15) is 45.7 Å². The van der Waals surface area contributed by atoms with E-state index in [9.17, 15) is 18.7 Å². The molecule has 1 aliphatic heterocycles. The Morgan fingerprint density at radius 2 is 1.89 bits per heavy atom. The predicted octanol–water partition coefficient (Wildman–Crippen LogP) is 7.58. The topological polar surface area (TPSA) is 99.6 Å². The van der Waals surface area contributed by atoms with Crippen molar-refractivity contribution < 1.29 is 37.0 Å². The zero-order chi connectivity index (χ0) is 31.1. The zero-order valence-electron chi connectivity index (χ0n) is 23.8.